The van der Waals surface area contributed by atoms with Crippen LogP contribution in [0.25, 0.3) is 28.0 Å². The molecule has 1 atom stereocenters. The number of fused-ring (bicyclic) bond motifs is 1. The number of aromatic nitrogens is 6. The van der Waals surface area contributed by atoms with Crippen LogP contribution >= 0.6 is 0 Å². The predicted octanol–water partition coefficient (Wildman–Crippen LogP) is 3.24. The highest BCUT2D eigenvalue weighted by Gasteiger charge is 2.27. The number of pyridine rings is 2. The first kappa shape index (κ1) is 20.6. The first-order chi connectivity index (χ1) is 15.9. The number of hydrogen-bond donors (Lipinski definition) is 1. The van der Waals surface area contributed by atoms with Crippen molar-refractivity contribution in [3.05, 3.63) is 94.4 Å². The molecule has 1 aromatic carbocycles. The highest BCUT2D eigenvalue weighted by atomic mass is 16.2. The van der Waals surface area contributed by atoms with Crippen LogP contribution < -0.4 is 16.4 Å². The summed E-state index contributed by atoms with van der Waals surface area (Å²) in [6.07, 6.45) is 1.70. The van der Waals surface area contributed by atoms with Crippen LogP contribution in [0.15, 0.2) is 71.7 Å². The largest absolute Gasteiger partial charge is 0.412 e. The molecule has 8 heteroatoms. The van der Waals surface area contributed by atoms with E-state index in [9.17, 15) is 4.79 Å². The first-order valence-corrected chi connectivity index (χ1v) is 10.7. The number of aryl methyl sites for hydroxylation is 2. The number of nitrogens with zero attached hydrogens (tertiary/aromatic N) is 5. The lowest BCUT2D eigenvalue weighted by Gasteiger charge is -2.10. The molecular formula is C25H24N7O+. The predicted molar refractivity (Wildman–Crippen MR) is 127 cm³/mol. The standard InChI is InChI=1S/C25H23N7O/c1-15-13-19(14-16(2)28-15)21-22(18-9-5-4-6-10-18)29-24(26)31-23(21)30-32(25(31)33)17(3)20-11-7-8-12-27-20/h4-14,17H,1-3H3,(H2,26,29)/p+1. The highest BCUT2D eigenvalue weighted by Crippen LogP contribution is 2.33. The number of hydrogen-bond acceptors (Lipinski definition) is 5. The van der Waals surface area contributed by atoms with Crippen molar-refractivity contribution in [2.45, 2.75) is 26.8 Å². The quantitative estimate of drug-likeness (QED) is 0.464. The summed E-state index contributed by atoms with van der Waals surface area (Å²) < 4.78 is 2.85. The molecule has 4 aromatic heterocycles. The molecule has 5 aromatic rings. The van der Waals surface area contributed by atoms with Gasteiger partial charge in [0.05, 0.1) is 17.3 Å². The molecule has 8 nitrogen and oxygen atoms in total. The van der Waals surface area contributed by atoms with Gasteiger partial charge in [-0.05, 0) is 50.6 Å². The molecule has 164 valence electrons. The maximum atomic E-state index is 13.5. The van der Waals surface area contributed by atoms with E-state index in [1.165, 1.54) is 9.08 Å². The molecular weight excluding hydrogens is 414 g/mol. The molecule has 0 bridgehead atoms. The third kappa shape index (κ3) is 3.55. The van der Waals surface area contributed by atoms with Gasteiger partial charge in [0, 0.05) is 23.1 Å². The van der Waals surface area contributed by atoms with E-state index in [1.807, 2.05) is 81.4 Å². The van der Waals surface area contributed by atoms with Crippen LogP contribution in [0.1, 0.15) is 30.0 Å². The summed E-state index contributed by atoms with van der Waals surface area (Å²) >= 11 is 0. The Morgan fingerprint density at radius 2 is 1.67 bits per heavy atom. The smallest absolute Gasteiger partial charge is 0.290 e. The molecule has 0 amide bonds. The summed E-state index contributed by atoms with van der Waals surface area (Å²) in [4.78, 5) is 25.6. The summed E-state index contributed by atoms with van der Waals surface area (Å²) in [6.45, 7) is 5.80. The van der Waals surface area contributed by atoms with Crippen LogP contribution in [-0.2, 0) is 0 Å². The fraction of sp³-hybridized carbons (Fsp3) is 0.160. The van der Waals surface area contributed by atoms with Gasteiger partial charge in [-0.15, -0.1) is 9.50 Å². The Morgan fingerprint density at radius 3 is 2.33 bits per heavy atom. The van der Waals surface area contributed by atoms with Crippen LogP contribution in [0.5, 0.6) is 0 Å². The van der Waals surface area contributed by atoms with Crippen LogP contribution in [0.3, 0.4) is 0 Å². The van der Waals surface area contributed by atoms with E-state index in [-0.39, 0.29) is 17.7 Å². The number of nitrogens with two attached hydrogens (primary N) is 1. The van der Waals surface area contributed by atoms with Crippen molar-refractivity contribution in [3.63, 3.8) is 0 Å². The van der Waals surface area contributed by atoms with Gasteiger partial charge in [-0.25, -0.2) is 9.78 Å². The Labute approximate surface area is 190 Å². The fourth-order valence-corrected chi connectivity index (χ4v) is 4.19. The second-order valence-corrected chi connectivity index (χ2v) is 8.08. The summed E-state index contributed by atoms with van der Waals surface area (Å²) in [5, 5.41) is 4.78. The zero-order valence-corrected chi connectivity index (χ0v) is 18.6. The third-order valence-electron chi connectivity index (χ3n) is 5.68. The average molecular weight is 439 g/mol. The van der Waals surface area contributed by atoms with Crippen LogP contribution in [-0.4, -0.2) is 24.1 Å². The van der Waals surface area contributed by atoms with E-state index in [1.54, 1.807) is 6.20 Å². The summed E-state index contributed by atoms with van der Waals surface area (Å²) in [6, 6.07) is 19.1. The molecule has 1 unspecified atom stereocenters. The summed E-state index contributed by atoms with van der Waals surface area (Å²) in [5.74, 6) is 0.208. The highest BCUT2D eigenvalue weighted by molar-refractivity contribution is 5.88. The molecule has 0 fully saturated rings. The molecule has 0 radical (unpaired) electrons. The lowest BCUT2D eigenvalue weighted by Crippen LogP contribution is -2.29. The van der Waals surface area contributed by atoms with E-state index in [4.69, 9.17) is 10.8 Å². The Kier molecular flexibility index (Phi) is 4.97. The Balaban J connectivity index is 1.86. The number of nitrogen functional groups attached to an aromatic ring is 1. The maximum absolute atomic E-state index is 13.5. The maximum Gasteiger partial charge on any atom is 0.412 e. The van der Waals surface area contributed by atoms with Crippen molar-refractivity contribution in [1.29, 1.82) is 0 Å². The van der Waals surface area contributed by atoms with Crippen molar-refractivity contribution < 1.29 is 4.98 Å². The normalized spacial score (nSPS) is 12.2. The lowest BCUT2D eigenvalue weighted by atomic mass is 9.99. The summed E-state index contributed by atoms with van der Waals surface area (Å²) in [5.41, 5.74) is 12.4. The number of rotatable bonds is 4. The number of H-pyrrole nitrogens is 1. The molecule has 0 saturated heterocycles. The van der Waals surface area contributed by atoms with Crippen molar-refractivity contribution in [3.8, 4) is 22.4 Å². The van der Waals surface area contributed by atoms with Gasteiger partial charge in [-0.1, -0.05) is 36.4 Å². The molecule has 0 aliphatic heterocycles. The third-order valence-corrected chi connectivity index (χ3v) is 5.68. The minimum atomic E-state index is -0.369. The zero-order chi connectivity index (χ0) is 23.1. The van der Waals surface area contributed by atoms with Gasteiger partial charge in [-0.3, -0.25) is 15.7 Å². The fourth-order valence-electron chi connectivity index (χ4n) is 4.19. The summed E-state index contributed by atoms with van der Waals surface area (Å²) in [7, 11) is 0. The molecule has 4 heterocycles. The minimum Gasteiger partial charge on any atom is -0.290 e. The van der Waals surface area contributed by atoms with Gasteiger partial charge in [0.25, 0.3) is 0 Å². The van der Waals surface area contributed by atoms with E-state index >= 15 is 0 Å². The molecule has 3 N–H and O–H groups in total. The molecule has 33 heavy (non-hydrogen) atoms. The molecule has 5 rings (SSSR count). The van der Waals surface area contributed by atoms with Gasteiger partial charge in [0.1, 0.15) is 5.69 Å². The van der Waals surface area contributed by atoms with Gasteiger partial charge in [0.2, 0.25) is 5.65 Å². The molecule has 0 aliphatic rings. The minimum absolute atomic E-state index is 0.208. The first-order valence-electron chi connectivity index (χ1n) is 10.7. The lowest BCUT2D eigenvalue weighted by molar-refractivity contribution is -0.351. The van der Waals surface area contributed by atoms with Gasteiger partial charge < -0.3 is 0 Å². The Bertz CT molecular complexity index is 1500. The zero-order valence-electron chi connectivity index (χ0n) is 18.6. The second kappa shape index (κ2) is 7.98. The van der Waals surface area contributed by atoms with Gasteiger partial charge in [-0.2, -0.15) is 4.68 Å². The average Bonchev–Trinajstić information content (AvgIpc) is 3.16. The van der Waals surface area contributed by atoms with E-state index in [2.05, 4.69) is 15.0 Å². The van der Waals surface area contributed by atoms with Crippen LogP contribution in [0.4, 0.5) is 5.95 Å². The van der Waals surface area contributed by atoms with E-state index in [0.717, 1.165) is 39.5 Å². The van der Waals surface area contributed by atoms with E-state index < -0.39 is 0 Å². The molecule has 0 spiro atoms. The van der Waals surface area contributed by atoms with E-state index in [0.29, 0.717) is 5.65 Å². The Hall–Kier alpha value is -4.33. The molecule has 0 aliphatic carbocycles. The van der Waals surface area contributed by atoms with Gasteiger partial charge >= 0.3 is 11.6 Å². The van der Waals surface area contributed by atoms with Crippen molar-refractivity contribution in [1.82, 2.24) is 24.1 Å². The SMILES string of the molecule is Cc1cc(-c2c(-c3ccccc3)[nH+]c(N)n3c(=O)n(C(C)c4ccccn4)nc23)cc(C)n1. The Morgan fingerprint density at radius 1 is 0.970 bits per heavy atom. The molecule has 0 saturated carbocycles. The van der Waals surface area contributed by atoms with Crippen molar-refractivity contribution >= 4 is 11.6 Å². The van der Waals surface area contributed by atoms with Gasteiger partial charge in [0.15, 0.2) is 0 Å². The van der Waals surface area contributed by atoms with Crippen LogP contribution in [0.2, 0.25) is 0 Å². The number of aromatic amines is 1. The van der Waals surface area contributed by atoms with Crippen molar-refractivity contribution in [2.24, 2.45) is 0 Å². The topological polar surface area (TPSA) is 105 Å². The number of anilines is 1. The second-order valence-electron chi connectivity index (χ2n) is 8.08. The number of nitrogens with one attached hydrogen (secondary N) is 1. The van der Waals surface area contributed by atoms with Crippen LogP contribution in [0, 0.1) is 13.8 Å². The van der Waals surface area contributed by atoms with Crippen molar-refractivity contribution in [2.75, 3.05) is 5.73 Å². The monoisotopic (exact) mass is 438 g/mol. The number of benzene rings is 1.